The summed E-state index contributed by atoms with van der Waals surface area (Å²) in [6.07, 6.45) is 1.37. The highest BCUT2D eigenvalue weighted by molar-refractivity contribution is 5.41. The molecule has 0 fully saturated rings. The second-order valence-electron chi connectivity index (χ2n) is 3.26. The molecule has 0 bridgehead atoms. The maximum absolute atomic E-state index is 8.73. The summed E-state index contributed by atoms with van der Waals surface area (Å²) in [4.78, 5) is 0. The van der Waals surface area contributed by atoms with Crippen LogP contribution in [0, 0.1) is 11.3 Å². The van der Waals surface area contributed by atoms with Gasteiger partial charge in [-0.3, -0.25) is 0 Å². The maximum atomic E-state index is 8.73. The molecule has 0 saturated carbocycles. The fourth-order valence-electron chi connectivity index (χ4n) is 1.43. The molecule has 5 nitrogen and oxygen atoms in total. The first kappa shape index (κ1) is 12.6. The number of nitrogen functional groups attached to an aromatic ring is 1. The Morgan fingerprint density at radius 3 is 2.50 bits per heavy atom. The van der Waals surface area contributed by atoms with E-state index >= 15 is 0 Å². The van der Waals surface area contributed by atoms with Gasteiger partial charge in [-0.05, 0) is 19.9 Å². The van der Waals surface area contributed by atoms with Crippen molar-refractivity contribution in [3.8, 4) is 6.07 Å². The fraction of sp³-hybridized carbons (Fsp3) is 0.545. The molecule has 0 spiro atoms. The van der Waals surface area contributed by atoms with Crippen molar-refractivity contribution in [2.75, 3.05) is 18.9 Å². The molecule has 0 aliphatic rings. The lowest BCUT2D eigenvalue weighted by Crippen LogP contribution is -2.24. The molecule has 88 valence electrons. The zero-order chi connectivity index (χ0) is 12.0. The van der Waals surface area contributed by atoms with Crippen LogP contribution in [0.15, 0.2) is 12.3 Å². The summed E-state index contributed by atoms with van der Waals surface area (Å²) in [5, 5.41) is 8.73. The molecule has 0 amide bonds. The van der Waals surface area contributed by atoms with E-state index in [1.807, 2.05) is 19.9 Å². The highest BCUT2D eigenvalue weighted by Gasteiger charge is 2.11. The van der Waals surface area contributed by atoms with Crippen LogP contribution in [0.25, 0.3) is 0 Å². The van der Waals surface area contributed by atoms with Crippen LogP contribution in [0.1, 0.15) is 19.4 Å². The fourth-order valence-corrected chi connectivity index (χ4v) is 1.43. The number of ether oxygens (including phenoxy) is 2. The third kappa shape index (κ3) is 3.26. The van der Waals surface area contributed by atoms with Crippen molar-refractivity contribution in [2.24, 2.45) is 0 Å². The quantitative estimate of drug-likeness (QED) is 0.738. The Kier molecular flexibility index (Phi) is 4.83. The highest BCUT2D eigenvalue weighted by Crippen LogP contribution is 2.12. The lowest BCUT2D eigenvalue weighted by Gasteiger charge is -2.18. The van der Waals surface area contributed by atoms with Crippen LogP contribution in [0.5, 0.6) is 0 Å². The van der Waals surface area contributed by atoms with E-state index in [1.165, 1.54) is 0 Å². The number of rotatable bonds is 6. The van der Waals surface area contributed by atoms with Gasteiger partial charge in [-0.15, -0.1) is 0 Å². The van der Waals surface area contributed by atoms with Crippen LogP contribution in [0.2, 0.25) is 0 Å². The lowest BCUT2D eigenvalue weighted by molar-refractivity contribution is -0.143. The topological polar surface area (TPSA) is 73.2 Å². The van der Waals surface area contributed by atoms with Gasteiger partial charge >= 0.3 is 0 Å². The largest absolute Gasteiger partial charge is 0.385 e. The van der Waals surface area contributed by atoms with Gasteiger partial charge in [-0.1, -0.05) is 0 Å². The summed E-state index contributed by atoms with van der Waals surface area (Å²) in [5.41, 5.74) is 6.30. The standard InChI is InChI=1S/C11H17N3O2/c1-3-15-11(16-4-2)8-14-7-9(6-12)5-10(14)13/h5,7,11H,3-4,8,13H2,1-2H3. The van der Waals surface area contributed by atoms with Gasteiger partial charge in [0.25, 0.3) is 0 Å². The predicted octanol–water partition coefficient (Wildman–Crippen LogP) is 1.34. The number of anilines is 1. The average Bonchev–Trinajstić information content (AvgIpc) is 2.60. The normalized spacial score (nSPS) is 10.6. The Hall–Kier alpha value is -1.51. The van der Waals surface area contributed by atoms with Gasteiger partial charge < -0.3 is 19.8 Å². The number of nitrogens with zero attached hydrogens (tertiary/aromatic N) is 2. The first-order chi connectivity index (χ1) is 7.71. The van der Waals surface area contributed by atoms with Gasteiger partial charge in [0.15, 0.2) is 6.29 Å². The minimum absolute atomic E-state index is 0.323. The molecule has 0 saturated heterocycles. The highest BCUT2D eigenvalue weighted by atomic mass is 16.7. The van der Waals surface area contributed by atoms with Crippen molar-refractivity contribution in [2.45, 2.75) is 26.7 Å². The van der Waals surface area contributed by atoms with Crippen molar-refractivity contribution in [3.63, 3.8) is 0 Å². The van der Waals surface area contributed by atoms with Crippen molar-refractivity contribution in [1.29, 1.82) is 5.26 Å². The molecule has 1 aromatic heterocycles. The number of hydrogen-bond acceptors (Lipinski definition) is 4. The van der Waals surface area contributed by atoms with Crippen molar-refractivity contribution in [3.05, 3.63) is 17.8 Å². The Morgan fingerprint density at radius 1 is 1.44 bits per heavy atom. The molecule has 1 rings (SSSR count). The number of nitrogens with two attached hydrogens (primary N) is 1. The molecular weight excluding hydrogens is 206 g/mol. The van der Waals surface area contributed by atoms with Crippen molar-refractivity contribution in [1.82, 2.24) is 4.57 Å². The monoisotopic (exact) mass is 223 g/mol. The van der Waals surface area contributed by atoms with Crippen molar-refractivity contribution < 1.29 is 9.47 Å². The molecular formula is C11H17N3O2. The van der Waals surface area contributed by atoms with Gasteiger partial charge in [-0.25, -0.2) is 0 Å². The van der Waals surface area contributed by atoms with Gasteiger partial charge in [-0.2, -0.15) is 5.26 Å². The summed E-state index contributed by atoms with van der Waals surface area (Å²) in [6, 6.07) is 3.68. The number of aromatic nitrogens is 1. The van der Waals surface area contributed by atoms with E-state index in [9.17, 15) is 0 Å². The molecule has 0 aliphatic carbocycles. The lowest BCUT2D eigenvalue weighted by atomic mass is 10.4. The molecule has 0 aromatic carbocycles. The Labute approximate surface area is 95.4 Å². The SMILES string of the molecule is CCOC(Cn1cc(C#N)cc1N)OCC. The molecule has 0 unspecified atom stereocenters. The molecule has 2 N–H and O–H groups in total. The Bertz CT molecular complexity index is 362. The molecule has 16 heavy (non-hydrogen) atoms. The zero-order valence-electron chi connectivity index (χ0n) is 9.64. The van der Waals surface area contributed by atoms with Crippen molar-refractivity contribution >= 4 is 5.82 Å². The number of nitriles is 1. The summed E-state index contributed by atoms with van der Waals surface area (Å²) in [7, 11) is 0. The molecule has 0 atom stereocenters. The smallest absolute Gasteiger partial charge is 0.175 e. The average molecular weight is 223 g/mol. The first-order valence-corrected chi connectivity index (χ1v) is 5.30. The summed E-state index contributed by atoms with van der Waals surface area (Å²) >= 11 is 0. The van der Waals surface area contributed by atoms with Gasteiger partial charge in [0.1, 0.15) is 11.9 Å². The van der Waals surface area contributed by atoms with Crippen LogP contribution < -0.4 is 5.73 Å². The maximum Gasteiger partial charge on any atom is 0.175 e. The van der Waals surface area contributed by atoms with Crippen LogP contribution in [0.4, 0.5) is 5.82 Å². The second kappa shape index (κ2) is 6.16. The van der Waals surface area contributed by atoms with E-state index < -0.39 is 0 Å². The molecule has 0 aliphatic heterocycles. The van der Waals surface area contributed by atoms with Gasteiger partial charge in [0, 0.05) is 19.4 Å². The van der Waals surface area contributed by atoms with E-state index in [2.05, 4.69) is 0 Å². The third-order valence-corrected chi connectivity index (χ3v) is 2.11. The molecule has 5 heteroatoms. The first-order valence-electron chi connectivity index (χ1n) is 5.30. The predicted molar refractivity (Wildman–Crippen MR) is 60.6 cm³/mol. The summed E-state index contributed by atoms with van der Waals surface area (Å²) in [6.45, 7) is 5.47. The van der Waals surface area contributed by atoms with Crippen LogP contribution in [0.3, 0.4) is 0 Å². The van der Waals surface area contributed by atoms with Crippen LogP contribution >= 0.6 is 0 Å². The van der Waals surface area contributed by atoms with Gasteiger partial charge in [0.05, 0.1) is 12.1 Å². The van der Waals surface area contributed by atoms with E-state index in [-0.39, 0.29) is 6.29 Å². The Balaban J connectivity index is 2.68. The van der Waals surface area contributed by atoms with E-state index in [0.717, 1.165) is 0 Å². The van der Waals surface area contributed by atoms with E-state index in [1.54, 1.807) is 16.8 Å². The summed E-state index contributed by atoms with van der Waals surface area (Å²) in [5.74, 6) is 0.543. The van der Waals surface area contributed by atoms with Crippen LogP contribution in [-0.4, -0.2) is 24.1 Å². The molecule has 0 radical (unpaired) electrons. The van der Waals surface area contributed by atoms with E-state index in [0.29, 0.717) is 31.1 Å². The van der Waals surface area contributed by atoms with E-state index in [4.69, 9.17) is 20.5 Å². The minimum Gasteiger partial charge on any atom is -0.385 e. The molecule has 1 aromatic rings. The Morgan fingerprint density at radius 2 is 2.06 bits per heavy atom. The summed E-state index contributed by atoms with van der Waals surface area (Å²) < 4.78 is 12.6. The number of hydrogen-bond donors (Lipinski definition) is 1. The van der Waals surface area contributed by atoms with Gasteiger partial charge in [0.2, 0.25) is 0 Å². The zero-order valence-corrected chi connectivity index (χ0v) is 9.64. The molecule has 1 heterocycles. The minimum atomic E-state index is -0.323. The second-order valence-corrected chi connectivity index (χ2v) is 3.26. The van der Waals surface area contributed by atoms with Crippen LogP contribution in [-0.2, 0) is 16.0 Å². The third-order valence-electron chi connectivity index (χ3n) is 2.11.